The molecule has 3 aliphatic rings. The van der Waals surface area contributed by atoms with Crippen LogP contribution in [0.1, 0.15) is 11.1 Å². The molecule has 0 spiro atoms. The maximum Gasteiger partial charge on any atom is 0.338 e. The fraction of sp³-hybridized carbons (Fsp3) is 0.0541. The number of anilines is 4. The number of hydrogen-bond donors (Lipinski definition) is 0. The maximum atomic E-state index is 16.6. The zero-order valence-corrected chi connectivity index (χ0v) is 24.1. The van der Waals surface area contributed by atoms with Gasteiger partial charge in [-0.05, 0) is 76.5 Å². The van der Waals surface area contributed by atoms with Gasteiger partial charge in [0.2, 0.25) is 0 Å². The van der Waals surface area contributed by atoms with E-state index in [0.29, 0.717) is 33.1 Å². The van der Waals surface area contributed by atoms with Crippen LogP contribution in [-0.4, -0.2) is 19.5 Å². The van der Waals surface area contributed by atoms with E-state index >= 15 is 13.6 Å². The number of halogens is 2. The number of hydrogen-bond acceptors (Lipinski definition) is 1. The summed E-state index contributed by atoms with van der Waals surface area (Å²) >= 11 is 0. The van der Waals surface area contributed by atoms with Crippen LogP contribution in [0.5, 0.6) is 0 Å². The molecular formula is C37H24B2F2N2O. The lowest BCUT2D eigenvalue weighted by molar-refractivity contribution is 0.255. The molecule has 44 heavy (non-hydrogen) atoms. The summed E-state index contributed by atoms with van der Waals surface area (Å²) in [6.07, 6.45) is 0. The van der Waals surface area contributed by atoms with Gasteiger partial charge in [-0.2, -0.15) is 0 Å². The predicted molar refractivity (Wildman–Crippen MR) is 178 cm³/mol. The molecule has 9 rings (SSSR count). The maximum absolute atomic E-state index is 16.6. The molecule has 0 aliphatic carbocycles. The molecule has 6 aromatic rings. The number of urea groups is 1. The van der Waals surface area contributed by atoms with Gasteiger partial charge in [0.25, 0.3) is 13.4 Å². The highest BCUT2D eigenvalue weighted by molar-refractivity contribution is 7.00. The number of fused-ring (bicyclic) bond motifs is 4. The van der Waals surface area contributed by atoms with Crippen molar-refractivity contribution in [2.45, 2.75) is 13.8 Å². The van der Waals surface area contributed by atoms with Crippen LogP contribution < -0.4 is 42.6 Å². The van der Waals surface area contributed by atoms with Gasteiger partial charge in [0, 0.05) is 16.8 Å². The lowest BCUT2D eigenvalue weighted by Crippen LogP contribution is -2.65. The van der Waals surface area contributed by atoms with E-state index in [1.54, 1.807) is 9.80 Å². The van der Waals surface area contributed by atoms with E-state index in [4.69, 9.17) is 0 Å². The van der Waals surface area contributed by atoms with Gasteiger partial charge in [0.05, 0.1) is 11.4 Å². The topological polar surface area (TPSA) is 23.6 Å². The predicted octanol–water partition coefficient (Wildman–Crippen LogP) is 4.80. The first-order valence-corrected chi connectivity index (χ1v) is 14.9. The van der Waals surface area contributed by atoms with Crippen molar-refractivity contribution in [3.63, 3.8) is 0 Å². The summed E-state index contributed by atoms with van der Waals surface area (Å²) < 4.78 is 33.1. The van der Waals surface area contributed by atoms with Crippen molar-refractivity contribution in [1.29, 1.82) is 0 Å². The molecule has 3 nitrogen and oxygen atoms in total. The van der Waals surface area contributed by atoms with Crippen LogP contribution in [0.2, 0.25) is 0 Å². The number of carbonyl (C=O) groups excluding carboxylic acids is 1. The molecule has 0 atom stereocenters. The molecule has 208 valence electrons. The van der Waals surface area contributed by atoms with Gasteiger partial charge in [-0.25, -0.2) is 13.6 Å². The van der Waals surface area contributed by atoms with Crippen LogP contribution >= 0.6 is 0 Å². The molecule has 0 aromatic heterocycles. The van der Waals surface area contributed by atoms with E-state index < -0.39 is 25.1 Å². The molecule has 0 bridgehead atoms. The van der Waals surface area contributed by atoms with Gasteiger partial charge in [0.1, 0.15) is 11.6 Å². The summed E-state index contributed by atoms with van der Waals surface area (Å²) in [5, 5.41) is 1.13. The zero-order valence-electron chi connectivity index (χ0n) is 24.1. The summed E-state index contributed by atoms with van der Waals surface area (Å²) in [7, 11) is 0. The van der Waals surface area contributed by atoms with Crippen molar-refractivity contribution in [1.82, 2.24) is 0 Å². The molecule has 0 radical (unpaired) electrons. The van der Waals surface area contributed by atoms with Gasteiger partial charge < -0.3 is 0 Å². The largest absolute Gasteiger partial charge is 0.338 e. The summed E-state index contributed by atoms with van der Waals surface area (Å²) in [5.41, 5.74) is 8.89. The molecule has 6 aromatic carbocycles. The molecule has 3 heterocycles. The van der Waals surface area contributed by atoms with Crippen molar-refractivity contribution in [2.24, 2.45) is 0 Å². The van der Waals surface area contributed by atoms with Crippen molar-refractivity contribution >= 4 is 85.8 Å². The van der Waals surface area contributed by atoms with Crippen LogP contribution in [0.4, 0.5) is 36.3 Å². The first-order valence-electron chi connectivity index (χ1n) is 14.9. The molecule has 0 fully saturated rings. The third kappa shape index (κ3) is 3.24. The average molecular weight is 572 g/mol. The number of benzene rings is 6. The van der Waals surface area contributed by atoms with Crippen molar-refractivity contribution in [3.05, 3.63) is 132 Å². The molecule has 0 unspecified atom stereocenters. The van der Waals surface area contributed by atoms with Gasteiger partial charge in [-0.15, -0.1) is 0 Å². The number of rotatable bonds is 2. The Labute approximate surface area is 254 Å². The van der Waals surface area contributed by atoms with E-state index in [2.05, 4.69) is 0 Å². The van der Waals surface area contributed by atoms with Crippen LogP contribution in [0.25, 0.3) is 10.8 Å². The number of aryl methyl sites for hydroxylation is 2. The van der Waals surface area contributed by atoms with Crippen LogP contribution in [-0.2, 0) is 0 Å². The number of amides is 2. The minimum Gasteiger partial charge on any atom is -0.263 e. The van der Waals surface area contributed by atoms with Gasteiger partial charge in [-0.3, -0.25) is 9.80 Å². The lowest BCUT2D eigenvalue weighted by Gasteiger charge is -2.46. The highest BCUT2D eigenvalue weighted by atomic mass is 19.1. The average Bonchev–Trinajstić information content (AvgIpc) is 3.03. The fourth-order valence-corrected chi connectivity index (χ4v) is 7.73. The Morgan fingerprint density at radius 3 is 1.43 bits per heavy atom. The number of carbonyl (C=O) groups is 1. The van der Waals surface area contributed by atoms with E-state index in [1.165, 1.54) is 12.1 Å². The van der Waals surface area contributed by atoms with Crippen LogP contribution in [0.15, 0.2) is 109 Å². The standard InChI is InChI=1S/C37H24B2F2N2O/c1-21-13-15-26-30(17-21)42-35-32-23(19-28(40)33(35)38(26)24-9-5-3-6-10-24)20-29(41)34-36(32)43(37(42)44)31-18-22(2)14-16-27(31)39(34)25-11-7-4-8-12-25/h3-20H,1-2H3. The van der Waals surface area contributed by atoms with Gasteiger partial charge >= 0.3 is 6.03 Å². The zero-order chi connectivity index (χ0) is 29.9. The summed E-state index contributed by atoms with van der Waals surface area (Å²) in [4.78, 5) is 18.4. The lowest BCUT2D eigenvalue weighted by atomic mass is 9.33. The molecule has 0 N–H and O–H groups in total. The van der Waals surface area contributed by atoms with Gasteiger partial charge in [-0.1, -0.05) is 95.9 Å². The number of nitrogens with zero attached hydrogens (tertiary/aromatic N) is 2. The minimum absolute atomic E-state index is 0.339. The Kier molecular flexibility index (Phi) is 5.14. The Morgan fingerprint density at radius 1 is 0.568 bits per heavy atom. The van der Waals surface area contributed by atoms with E-state index in [1.807, 2.05) is 111 Å². The smallest absolute Gasteiger partial charge is 0.263 e. The van der Waals surface area contributed by atoms with Crippen LogP contribution in [0.3, 0.4) is 0 Å². The highest BCUT2D eigenvalue weighted by Gasteiger charge is 2.49. The van der Waals surface area contributed by atoms with E-state index in [-0.39, 0.29) is 6.03 Å². The molecule has 0 saturated carbocycles. The quantitative estimate of drug-likeness (QED) is 0.274. The molecule has 0 saturated heterocycles. The Morgan fingerprint density at radius 2 is 1.00 bits per heavy atom. The second-order valence-corrected chi connectivity index (χ2v) is 12.1. The van der Waals surface area contributed by atoms with Crippen molar-refractivity contribution in [3.8, 4) is 0 Å². The Hall–Kier alpha value is -5.16. The molecule has 7 heteroatoms. The molecular weight excluding hydrogens is 548 g/mol. The van der Waals surface area contributed by atoms with Crippen LogP contribution in [0, 0.1) is 25.5 Å². The van der Waals surface area contributed by atoms with Crippen molar-refractivity contribution in [2.75, 3.05) is 9.80 Å². The summed E-state index contributed by atoms with van der Waals surface area (Å²) in [5.74, 6) is -0.908. The molecule has 2 amide bonds. The molecule has 3 aliphatic heterocycles. The van der Waals surface area contributed by atoms with Crippen molar-refractivity contribution < 1.29 is 13.6 Å². The monoisotopic (exact) mass is 572 g/mol. The third-order valence-corrected chi connectivity index (χ3v) is 9.50. The second kappa shape index (κ2) is 8.93. The first-order chi connectivity index (χ1) is 21.4. The highest BCUT2D eigenvalue weighted by Crippen LogP contribution is 2.48. The van der Waals surface area contributed by atoms with E-state index in [0.717, 1.165) is 44.4 Å². The summed E-state index contributed by atoms with van der Waals surface area (Å²) in [6, 6.07) is 34.3. The first kappa shape index (κ1) is 25.3. The minimum atomic E-state index is -0.454. The fourth-order valence-electron chi connectivity index (χ4n) is 7.73. The Balaban J connectivity index is 1.48. The summed E-state index contributed by atoms with van der Waals surface area (Å²) in [6.45, 7) is 3.11. The Bertz CT molecular complexity index is 2070. The second-order valence-electron chi connectivity index (χ2n) is 12.1. The van der Waals surface area contributed by atoms with E-state index in [9.17, 15) is 0 Å². The normalized spacial score (nSPS) is 14.2. The van der Waals surface area contributed by atoms with Gasteiger partial charge in [0.15, 0.2) is 0 Å². The SMILES string of the molecule is Cc1ccc2c(c1)N1C(=O)N3c4cc(C)ccc4B(c4ccccc4)c4c(F)cc5cc(F)c(c1c5c43)B2c1ccccc1. The third-order valence-electron chi connectivity index (χ3n) is 9.50.